The summed E-state index contributed by atoms with van der Waals surface area (Å²) >= 11 is 0. The van der Waals surface area contributed by atoms with Crippen LogP contribution in [0.4, 0.5) is 11.6 Å². The SMILES string of the molecule is Cc1nnc(C[C@@H]2CC[C@H](Nc3cnc(N4CCCC4=O)cn3)C2)o1. The highest BCUT2D eigenvalue weighted by Crippen LogP contribution is 2.30. The lowest BCUT2D eigenvalue weighted by molar-refractivity contribution is -0.117. The number of aromatic nitrogens is 4. The van der Waals surface area contributed by atoms with E-state index >= 15 is 0 Å². The van der Waals surface area contributed by atoms with Crippen molar-refractivity contribution >= 4 is 17.5 Å². The lowest BCUT2D eigenvalue weighted by Crippen LogP contribution is -2.25. The van der Waals surface area contributed by atoms with Gasteiger partial charge in [0.15, 0.2) is 5.82 Å². The Labute approximate surface area is 146 Å². The first-order valence-corrected chi connectivity index (χ1v) is 8.85. The number of rotatable bonds is 5. The van der Waals surface area contributed by atoms with Gasteiger partial charge in [0.1, 0.15) is 5.82 Å². The molecule has 2 aromatic rings. The molecule has 1 aliphatic carbocycles. The molecule has 0 unspecified atom stereocenters. The molecule has 1 N–H and O–H groups in total. The highest BCUT2D eigenvalue weighted by atomic mass is 16.4. The first-order chi connectivity index (χ1) is 12.2. The number of hydrogen-bond acceptors (Lipinski definition) is 7. The lowest BCUT2D eigenvalue weighted by Gasteiger charge is -2.16. The van der Waals surface area contributed by atoms with Crippen molar-refractivity contribution in [2.24, 2.45) is 5.92 Å². The van der Waals surface area contributed by atoms with E-state index in [-0.39, 0.29) is 5.91 Å². The zero-order chi connectivity index (χ0) is 17.2. The Morgan fingerprint density at radius 2 is 2.20 bits per heavy atom. The average Bonchev–Trinajstić information content (AvgIpc) is 3.32. The van der Waals surface area contributed by atoms with E-state index in [1.165, 1.54) is 0 Å². The maximum absolute atomic E-state index is 11.8. The average molecular weight is 342 g/mol. The Balaban J connectivity index is 1.31. The second-order valence-corrected chi connectivity index (χ2v) is 6.85. The van der Waals surface area contributed by atoms with Crippen molar-refractivity contribution in [3.05, 3.63) is 24.2 Å². The van der Waals surface area contributed by atoms with Gasteiger partial charge in [-0.05, 0) is 31.6 Å². The molecule has 1 aliphatic heterocycles. The van der Waals surface area contributed by atoms with Crippen LogP contribution in [-0.2, 0) is 11.2 Å². The van der Waals surface area contributed by atoms with Crippen LogP contribution in [0.15, 0.2) is 16.8 Å². The molecular weight excluding hydrogens is 320 g/mol. The number of hydrogen-bond donors (Lipinski definition) is 1. The van der Waals surface area contributed by atoms with E-state index in [2.05, 4.69) is 25.5 Å². The molecule has 132 valence electrons. The number of nitrogens with one attached hydrogen (secondary N) is 1. The third-order valence-corrected chi connectivity index (χ3v) is 4.91. The van der Waals surface area contributed by atoms with Crippen molar-refractivity contribution in [1.29, 1.82) is 0 Å². The Hall–Kier alpha value is -2.51. The second-order valence-electron chi connectivity index (χ2n) is 6.85. The van der Waals surface area contributed by atoms with Crippen molar-refractivity contribution < 1.29 is 9.21 Å². The van der Waals surface area contributed by atoms with Crippen LogP contribution in [0.2, 0.25) is 0 Å². The summed E-state index contributed by atoms with van der Waals surface area (Å²) in [7, 11) is 0. The molecule has 1 amide bonds. The molecule has 25 heavy (non-hydrogen) atoms. The normalized spacial score (nSPS) is 23.4. The fourth-order valence-electron chi connectivity index (χ4n) is 3.69. The van der Waals surface area contributed by atoms with E-state index in [1.807, 2.05) is 6.92 Å². The quantitative estimate of drug-likeness (QED) is 0.889. The molecule has 2 aromatic heterocycles. The van der Waals surface area contributed by atoms with Gasteiger partial charge in [-0.1, -0.05) is 0 Å². The van der Waals surface area contributed by atoms with Gasteiger partial charge in [-0.3, -0.25) is 9.69 Å². The number of amides is 1. The number of carbonyl (C=O) groups is 1. The Kier molecular flexibility index (Phi) is 4.33. The summed E-state index contributed by atoms with van der Waals surface area (Å²) in [4.78, 5) is 22.3. The van der Waals surface area contributed by atoms with Crippen LogP contribution in [0.5, 0.6) is 0 Å². The van der Waals surface area contributed by atoms with Gasteiger partial charge in [0.05, 0.1) is 12.4 Å². The van der Waals surface area contributed by atoms with E-state index in [1.54, 1.807) is 17.3 Å². The molecule has 0 bridgehead atoms. The van der Waals surface area contributed by atoms with Gasteiger partial charge in [-0.2, -0.15) is 0 Å². The minimum Gasteiger partial charge on any atom is -0.426 e. The molecule has 3 heterocycles. The number of anilines is 2. The molecule has 0 aromatic carbocycles. The summed E-state index contributed by atoms with van der Waals surface area (Å²) in [6.45, 7) is 2.55. The van der Waals surface area contributed by atoms with Crippen molar-refractivity contribution in [1.82, 2.24) is 20.2 Å². The maximum atomic E-state index is 11.8. The first-order valence-electron chi connectivity index (χ1n) is 8.85. The largest absolute Gasteiger partial charge is 0.426 e. The molecule has 2 atom stereocenters. The van der Waals surface area contributed by atoms with E-state index < -0.39 is 0 Å². The maximum Gasteiger partial charge on any atom is 0.228 e. The van der Waals surface area contributed by atoms with Crippen LogP contribution in [0.1, 0.15) is 43.9 Å². The molecule has 2 aliphatic rings. The summed E-state index contributed by atoms with van der Waals surface area (Å²) in [5.41, 5.74) is 0. The van der Waals surface area contributed by atoms with Crippen molar-refractivity contribution in [3.8, 4) is 0 Å². The molecule has 4 rings (SSSR count). The van der Waals surface area contributed by atoms with Gasteiger partial charge in [0, 0.05) is 32.4 Å². The van der Waals surface area contributed by atoms with Crippen LogP contribution in [0.25, 0.3) is 0 Å². The highest BCUT2D eigenvalue weighted by Gasteiger charge is 2.27. The van der Waals surface area contributed by atoms with Crippen molar-refractivity contribution in [2.75, 3.05) is 16.8 Å². The monoisotopic (exact) mass is 342 g/mol. The van der Waals surface area contributed by atoms with E-state index in [4.69, 9.17) is 4.42 Å². The molecule has 0 radical (unpaired) electrons. The number of carbonyl (C=O) groups excluding carboxylic acids is 1. The predicted molar refractivity (Wildman–Crippen MR) is 91.1 cm³/mol. The minimum absolute atomic E-state index is 0.130. The Morgan fingerprint density at radius 1 is 1.28 bits per heavy atom. The van der Waals surface area contributed by atoms with Gasteiger partial charge in [0.2, 0.25) is 17.7 Å². The van der Waals surface area contributed by atoms with E-state index in [9.17, 15) is 4.79 Å². The topological polar surface area (TPSA) is 97.0 Å². The number of nitrogens with zero attached hydrogens (tertiary/aromatic N) is 5. The summed E-state index contributed by atoms with van der Waals surface area (Å²) < 4.78 is 5.47. The lowest BCUT2D eigenvalue weighted by atomic mass is 10.0. The summed E-state index contributed by atoms with van der Waals surface area (Å²) in [5, 5.41) is 11.4. The standard InChI is InChI=1S/C17H22N6O2/c1-11-21-22-16(25-11)8-12-4-5-13(7-12)20-14-9-19-15(10-18-14)23-6-2-3-17(23)24/h9-10,12-13H,2-8H2,1H3,(H,18,20)/t12-,13+/m1/s1. The third-order valence-electron chi connectivity index (χ3n) is 4.91. The van der Waals surface area contributed by atoms with Crippen LogP contribution < -0.4 is 10.2 Å². The van der Waals surface area contributed by atoms with Gasteiger partial charge in [-0.15, -0.1) is 10.2 Å². The van der Waals surface area contributed by atoms with Gasteiger partial charge >= 0.3 is 0 Å². The van der Waals surface area contributed by atoms with Gasteiger partial charge < -0.3 is 9.73 Å². The summed E-state index contributed by atoms with van der Waals surface area (Å²) in [6, 6.07) is 0.377. The highest BCUT2D eigenvalue weighted by molar-refractivity contribution is 5.94. The molecule has 8 nitrogen and oxygen atoms in total. The smallest absolute Gasteiger partial charge is 0.228 e. The van der Waals surface area contributed by atoms with Crippen LogP contribution in [-0.4, -0.2) is 38.7 Å². The molecule has 8 heteroatoms. The van der Waals surface area contributed by atoms with Crippen molar-refractivity contribution in [2.45, 2.75) is 51.5 Å². The van der Waals surface area contributed by atoms with Gasteiger partial charge in [-0.25, -0.2) is 9.97 Å². The fraction of sp³-hybridized carbons (Fsp3) is 0.588. The first kappa shape index (κ1) is 16.0. The minimum atomic E-state index is 0.130. The molecule has 1 saturated heterocycles. The molecule has 1 saturated carbocycles. The second kappa shape index (κ2) is 6.78. The zero-order valence-electron chi connectivity index (χ0n) is 14.3. The molecule has 2 fully saturated rings. The Bertz CT molecular complexity index is 744. The van der Waals surface area contributed by atoms with Crippen molar-refractivity contribution in [3.63, 3.8) is 0 Å². The fourth-order valence-corrected chi connectivity index (χ4v) is 3.69. The van der Waals surface area contributed by atoms with Crippen LogP contribution in [0, 0.1) is 12.8 Å². The van der Waals surface area contributed by atoms with Crippen LogP contribution >= 0.6 is 0 Å². The van der Waals surface area contributed by atoms with E-state index in [0.717, 1.165) is 50.4 Å². The van der Waals surface area contributed by atoms with Crippen LogP contribution in [0.3, 0.4) is 0 Å². The Morgan fingerprint density at radius 3 is 2.88 bits per heavy atom. The number of aryl methyl sites for hydroxylation is 1. The van der Waals surface area contributed by atoms with E-state index in [0.29, 0.717) is 30.1 Å². The zero-order valence-corrected chi connectivity index (χ0v) is 14.3. The molecule has 0 spiro atoms. The summed E-state index contributed by atoms with van der Waals surface area (Å²) in [5.74, 6) is 3.42. The molecular formula is C17H22N6O2. The predicted octanol–water partition coefficient (Wildman–Crippen LogP) is 2.12. The third kappa shape index (κ3) is 3.62. The van der Waals surface area contributed by atoms with Gasteiger partial charge in [0.25, 0.3) is 0 Å². The summed E-state index contributed by atoms with van der Waals surface area (Å²) in [6.07, 6.45) is 9.00.